The Morgan fingerprint density at radius 1 is 1.04 bits per heavy atom. The van der Waals surface area contributed by atoms with Crippen molar-refractivity contribution in [1.29, 1.82) is 0 Å². The molecule has 1 aromatic heterocycles. The van der Waals surface area contributed by atoms with Crippen molar-refractivity contribution >= 4 is 11.0 Å². The van der Waals surface area contributed by atoms with Crippen molar-refractivity contribution in [3.8, 4) is 17.2 Å². The van der Waals surface area contributed by atoms with Gasteiger partial charge in [-0.25, -0.2) is 0 Å². The topological polar surface area (TPSA) is 80.4 Å². The lowest BCUT2D eigenvalue weighted by Gasteiger charge is -2.25. The molecule has 6 nitrogen and oxygen atoms in total. The minimum atomic E-state index is -4.48. The van der Waals surface area contributed by atoms with Crippen molar-refractivity contribution in [2.45, 2.75) is 32.4 Å². The summed E-state index contributed by atoms with van der Waals surface area (Å²) in [7, 11) is 0. The molecule has 3 rings (SSSR count). The van der Waals surface area contributed by atoms with Crippen molar-refractivity contribution < 1.29 is 28.1 Å². The lowest BCUT2D eigenvalue weighted by atomic mass is 9.85. The SMILES string of the molecule is CC(C)(C)c1c(OCCO)ccc(-n2nc3ccc(C(F)(F)F)cc3n2)c1O. The summed E-state index contributed by atoms with van der Waals surface area (Å²) in [5, 5.41) is 28.1. The molecule has 0 saturated heterocycles. The molecule has 0 atom stereocenters. The molecule has 0 aliphatic heterocycles. The van der Waals surface area contributed by atoms with Gasteiger partial charge in [-0.15, -0.1) is 15.0 Å². The number of phenolic OH excluding ortho intramolecular Hbond substituents is 1. The fraction of sp³-hybridized carbons (Fsp3) is 0.368. The highest BCUT2D eigenvalue weighted by Gasteiger charge is 2.31. The third-order valence-electron chi connectivity index (χ3n) is 4.14. The van der Waals surface area contributed by atoms with Crippen LogP contribution in [0.2, 0.25) is 0 Å². The molecule has 0 spiro atoms. The Kier molecular flexibility index (Phi) is 4.97. The van der Waals surface area contributed by atoms with Crippen LogP contribution in [0, 0.1) is 0 Å². The largest absolute Gasteiger partial charge is 0.505 e. The second-order valence-electron chi connectivity index (χ2n) is 7.32. The number of rotatable bonds is 4. The van der Waals surface area contributed by atoms with Crippen LogP contribution in [0.1, 0.15) is 31.9 Å². The number of alkyl halides is 3. The van der Waals surface area contributed by atoms with Gasteiger partial charge >= 0.3 is 6.18 Å². The molecule has 2 aromatic carbocycles. The summed E-state index contributed by atoms with van der Waals surface area (Å²) in [6, 6.07) is 6.22. The molecule has 0 aliphatic carbocycles. The highest BCUT2D eigenvalue weighted by Crippen LogP contribution is 2.41. The van der Waals surface area contributed by atoms with E-state index in [2.05, 4.69) is 10.2 Å². The standard InChI is InChI=1S/C19H20F3N3O3/c1-18(2,3)16-15(28-9-8-26)7-6-14(17(16)27)25-23-12-5-4-11(19(20,21)22)10-13(12)24-25/h4-7,10,26-27H,8-9H2,1-3H3. The first-order valence-electron chi connectivity index (χ1n) is 8.57. The molecule has 0 radical (unpaired) electrons. The van der Waals surface area contributed by atoms with Gasteiger partial charge in [0.05, 0.1) is 12.2 Å². The van der Waals surface area contributed by atoms with Crippen molar-refractivity contribution in [1.82, 2.24) is 15.0 Å². The normalized spacial score (nSPS) is 12.5. The average Bonchev–Trinajstić information content (AvgIpc) is 3.00. The summed E-state index contributed by atoms with van der Waals surface area (Å²) in [4.78, 5) is 1.10. The number of halogens is 3. The van der Waals surface area contributed by atoms with E-state index in [9.17, 15) is 18.3 Å². The molecule has 9 heteroatoms. The van der Waals surface area contributed by atoms with E-state index >= 15 is 0 Å². The molecule has 0 bridgehead atoms. The van der Waals surface area contributed by atoms with Crippen LogP contribution in [0.4, 0.5) is 13.2 Å². The molecular formula is C19H20F3N3O3. The van der Waals surface area contributed by atoms with Crippen LogP contribution in [0.5, 0.6) is 11.5 Å². The number of nitrogens with zero attached hydrogens (tertiary/aromatic N) is 3. The van der Waals surface area contributed by atoms with Crippen molar-refractivity contribution in [2.75, 3.05) is 13.2 Å². The van der Waals surface area contributed by atoms with E-state index in [-0.39, 0.29) is 35.7 Å². The number of hydrogen-bond donors (Lipinski definition) is 2. The molecule has 0 fully saturated rings. The molecule has 0 aliphatic rings. The zero-order chi connectivity index (χ0) is 20.7. The first-order valence-corrected chi connectivity index (χ1v) is 8.57. The number of hydrogen-bond acceptors (Lipinski definition) is 5. The number of aliphatic hydroxyl groups is 1. The minimum absolute atomic E-state index is 0.0615. The van der Waals surface area contributed by atoms with Gasteiger partial charge in [0.2, 0.25) is 0 Å². The lowest BCUT2D eigenvalue weighted by Crippen LogP contribution is -2.16. The maximum Gasteiger partial charge on any atom is 0.416 e. The molecule has 0 amide bonds. The maximum atomic E-state index is 12.9. The lowest BCUT2D eigenvalue weighted by molar-refractivity contribution is -0.137. The third-order valence-corrected chi connectivity index (χ3v) is 4.14. The number of benzene rings is 2. The summed E-state index contributed by atoms with van der Waals surface area (Å²) in [6.07, 6.45) is -4.48. The molecule has 2 N–H and O–H groups in total. The molecular weight excluding hydrogens is 375 g/mol. The summed E-state index contributed by atoms with van der Waals surface area (Å²) in [5.74, 6) is 0.262. The van der Waals surface area contributed by atoms with Gasteiger partial charge in [-0.3, -0.25) is 0 Å². The number of ether oxygens (including phenoxy) is 1. The fourth-order valence-corrected chi connectivity index (χ4v) is 2.92. The van der Waals surface area contributed by atoms with Crippen molar-refractivity contribution in [3.05, 3.63) is 41.5 Å². The maximum absolute atomic E-state index is 12.9. The van der Waals surface area contributed by atoms with Gasteiger partial charge in [0.25, 0.3) is 0 Å². The molecule has 0 unspecified atom stereocenters. The van der Waals surface area contributed by atoms with Crippen molar-refractivity contribution in [3.63, 3.8) is 0 Å². The van der Waals surface area contributed by atoms with Gasteiger partial charge in [-0.2, -0.15) is 13.2 Å². The van der Waals surface area contributed by atoms with Crippen LogP contribution in [0.3, 0.4) is 0 Å². The Hall–Kier alpha value is -2.81. The Morgan fingerprint density at radius 2 is 1.71 bits per heavy atom. The second-order valence-corrected chi connectivity index (χ2v) is 7.32. The molecule has 150 valence electrons. The Bertz CT molecular complexity index is 1010. The molecule has 1 heterocycles. The zero-order valence-corrected chi connectivity index (χ0v) is 15.6. The Balaban J connectivity index is 2.13. The van der Waals surface area contributed by atoms with Crippen LogP contribution in [0.15, 0.2) is 30.3 Å². The zero-order valence-electron chi connectivity index (χ0n) is 15.6. The molecule has 3 aromatic rings. The van der Waals surface area contributed by atoms with Gasteiger partial charge in [-0.05, 0) is 35.7 Å². The van der Waals surface area contributed by atoms with Gasteiger partial charge in [-0.1, -0.05) is 20.8 Å². The van der Waals surface area contributed by atoms with Crippen LogP contribution in [0.25, 0.3) is 16.7 Å². The monoisotopic (exact) mass is 395 g/mol. The first-order chi connectivity index (χ1) is 13.0. The fourth-order valence-electron chi connectivity index (χ4n) is 2.92. The van der Waals surface area contributed by atoms with Crippen LogP contribution in [-0.4, -0.2) is 38.4 Å². The summed E-state index contributed by atoms with van der Waals surface area (Å²) >= 11 is 0. The summed E-state index contributed by atoms with van der Waals surface area (Å²) in [5.41, 5.74) is -0.306. The summed E-state index contributed by atoms with van der Waals surface area (Å²) in [6.45, 7) is 5.51. The average molecular weight is 395 g/mol. The van der Waals surface area contributed by atoms with Crippen LogP contribution >= 0.6 is 0 Å². The number of aromatic nitrogens is 3. The first kappa shape index (κ1) is 19.9. The van der Waals surface area contributed by atoms with Crippen LogP contribution < -0.4 is 4.74 Å². The number of aromatic hydroxyl groups is 1. The smallest absolute Gasteiger partial charge is 0.416 e. The van der Waals surface area contributed by atoms with E-state index in [4.69, 9.17) is 9.84 Å². The van der Waals surface area contributed by atoms with Gasteiger partial charge in [0.1, 0.15) is 29.1 Å². The van der Waals surface area contributed by atoms with Gasteiger partial charge in [0, 0.05) is 5.56 Å². The predicted octanol–water partition coefficient (Wildman–Crippen LogP) is 3.81. The van der Waals surface area contributed by atoms with E-state index in [1.54, 1.807) is 6.07 Å². The predicted molar refractivity (Wildman–Crippen MR) is 96.8 cm³/mol. The Labute approximate surface area is 159 Å². The van der Waals surface area contributed by atoms with E-state index in [0.29, 0.717) is 11.3 Å². The minimum Gasteiger partial charge on any atom is -0.505 e. The van der Waals surface area contributed by atoms with E-state index < -0.39 is 17.2 Å². The molecule has 28 heavy (non-hydrogen) atoms. The Morgan fingerprint density at radius 3 is 2.32 bits per heavy atom. The van der Waals surface area contributed by atoms with E-state index in [1.165, 1.54) is 12.1 Å². The second kappa shape index (κ2) is 6.97. The highest BCUT2D eigenvalue weighted by atomic mass is 19.4. The van der Waals surface area contributed by atoms with Crippen LogP contribution in [-0.2, 0) is 11.6 Å². The van der Waals surface area contributed by atoms with Gasteiger partial charge in [0.15, 0.2) is 5.75 Å². The van der Waals surface area contributed by atoms with Gasteiger partial charge < -0.3 is 14.9 Å². The number of fused-ring (bicyclic) bond motifs is 1. The quantitative estimate of drug-likeness (QED) is 0.702. The van der Waals surface area contributed by atoms with E-state index in [0.717, 1.165) is 16.9 Å². The number of aliphatic hydroxyl groups excluding tert-OH is 1. The van der Waals surface area contributed by atoms with E-state index in [1.807, 2.05) is 20.8 Å². The highest BCUT2D eigenvalue weighted by molar-refractivity contribution is 5.75. The summed E-state index contributed by atoms with van der Waals surface area (Å²) < 4.78 is 44.3. The molecule has 0 saturated carbocycles. The van der Waals surface area contributed by atoms with Crippen molar-refractivity contribution in [2.24, 2.45) is 0 Å². The number of phenols is 1. The third kappa shape index (κ3) is 3.75.